The van der Waals surface area contributed by atoms with Crippen molar-refractivity contribution in [1.29, 1.82) is 0 Å². The Balaban J connectivity index is 1.81. The number of nitrogens with zero attached hydrogens (tertiary/aromatic N) is 2. The van der Waals surface area contributed by atoms with E-state index in [-0.39, 0.29) is 0 Å². The Hall–Kier alpha value is -3.08. The van der Waals surface area contributed by atoms with Crippen LogP contribution in [-0.2, 0) is 6.54 Å². The minimum atomic E-state index is 0.589. The predicted octanol–water partition coefficient (Wildman–Crippen LogP) is 5.07. The lowest BCUT2D eigenvalue weighted by molar-refractivity contribution is 0.410. The molecule has 0 aliphatic heterocycles. The second kappa shape index (κ2) is 8.08. The third-order valence-electron chi connectivity index (χ3n) is 4.41. The molecular formula is C22H26N4O. The van der Waals surface area contributed by atoms with E-state index in [2.05, 4.69) is 53.5 Å². The summed E-state index contributed by atoms with van der Waals surface area (Å²) < 4.78 is 5.40. The van der Waals surface area contributed by atoms with Crippen molar-refractivity contribution in [2.45, 2.75) is 34.2 Å². The Morgan fingerprint density at radius 1 is 0.926 bits per heavy atom. The van der Waals surface area contributed by atoms with Crippen molar-refractivity contribution in [1.82, 2.24) is 9.97 Å². The number of rotatable bonds is 6. The summed E-state index contributed by atoms with van der Waals surface area (Å²) in [5.74, 6) is 2.22. The molecule has 0 atom stereocenters. The van der Waals surface area contributed by atoms with Gasteiger partial charge >= 0.3 is 0 Å². The number of benzene rings is 2. The molecule has 5 nitrogen and oxygen atoms in total. The fourth-order valence-electron chi connectivity index (χ4n) is 3.24. The predicted molar refractivity (Wildman–Crippen MR) is 111 cm³/mol. The lowest BCUT2D eigenvalue weighted by Crippen LogP contribution is -2.08. The summed E-state index contributed by atoms with van der Waals surface area (Å²) in [5, 5.41) is 6.75. The number of anilines is 3. The van der Waals surface area contributed by atoms with Crippen molar-refractivity contribution in [3.63, 3.8) is 0 Å². The molecule has 2 N–H and O–H groups in total. The number of nitrogens with one attached hydrogen (secondary N) is 2. The zero-order chi connectivity index (χ0) is 19.4. The highest BCUT2D eigenvalue weighted by molar-refractivity contribution is 5.66. The summed E-state index contributed by atoms with van der Waals surface area (Å²) >= 11 is 0. The highest BCUT2D eigenvalue weighted by Crippen LogP contribution is 2.26. The molecule has 0 saturated heterocycles. The van der Waals surface area contributed by atoms with E-state index in [1.165, 1.54) is 16.7 Å². The largest absolute Gasteiger partial charge is 0.496 e. The van der Waals surface area contributed by atoms with Gasteiger partial charge in [0.25, 0.3) is 0 Å². The van der Waals surface area contributed by atoms with Crippen LogP contribution in [0.1, 0.15) is 27.9 Å². The average Bonchev–Trinajstić information content (AvgIpc) is 2.63. The maximum Gasteiger partial charge on any atom is 0.225 e. The molecule has 0 spiro atoms. The van der Waals surface area contributed by atoms with Crippen LogP contribution in [0.4, 0.5) is 17.5 Å². The van der Waals surface area contributed by atoms with E-state index in [9.17, 15) is 0 Å². The molecule has 0 fully saturated rings. The van der Waals surface area contributed by atoms with Gasteiger partial charge in [-0.2, -0.15) is 4.98 Å². The highest BCUT2D eigenvalue weighted by atomic mass is 16.5. The molecule has 3 aromatic rings. The van der Waals surface area contributed by atoms with E-state index in [4.69, 9.17) is 4.74 Å². The molecule has 27 heavy (non-hydrogen) atoms. The number of methoxy groups -OCH3 is 1. The Labute approximate surface area is 160 Å². The van der Waals surface area contributed by atoms with E-state index in [1.54, 1.807) is 7.11 Å². The highest BCUT2D eigenvalue weighted by Gasteiger charge is 2.08. The van der Waals surface area contributed by atoms with Crippen molar-refractivity contribution in [2.75, 3.05) is 17.7 Å². The third kappa shape index (κ3) is 4.56. The quantitative estimate of drug-likeness (QED) is 0.641. The number of aryl methyl sites for hydroxylation is 4. The molecule has 1 aromatic heterocycles. The molecule has 0 unspecified atom stereocenters. The summed E-state index contributed by atoms with van der Waals surface area (Å²) in [5.41, 5.74) is 6.71. The average molecular weight is 362 g/mol. The van der Waals surface area contributed by atoms with Gasteiger partial charge in [0.1, 0.15) is 11.6 Å². The van der Waals surface area contributed by atoms with E-state index in [1.807, 2.05) is 37.3 Å². The van der Waals surface area contributed by atoms with Crippen LogP contribution >= 0.6 is 0 Å². The zero-order valence-corrected chi connectivity index (χ0v) is 16.6. The van der Waals surface area contributed by atoms with Crippen LogP contribution < -0.4 is 15.4 Å². The molecule has 1 heterocycles. The van der Waals surface area contributed by atoms with E-state index in [0.717, 1.165) is 28.5 Å². The molecule has 140 valence electrons. The second-order valence-electron chi connectivity index (χ2n) is 6.78. The molecule has 0 aliphatic carbocycles. The van der Waals surface area contributed by atoms with Gasteiger partial charge in [0, 0.05) is 29.6 Å². The van der Waals surface area contributed by atoms with Crippen LogP contribution in [0, 0.1) is 27.7 Å². The molecule has 0 saturated carbocycles. The summed E-state index contributed by atoms with van der Waals surface area (Å²) in [6, 6.07) is 14.2. The van der Waals surface area contributed by atoms with Gasteiger partial charge in [-0.25, -0.2) is 4.98 Å². The third-order valence-corrected chi connectivity index (χ3v) is 4.41. The van der Waals surface area contributed by atoms with E-state index >= 15 is 0 Å². The molecule has 0 amide bonds. The first-order valence-corrected chi connectivity index (χ1v) is 9.02. The molecule has 0 radical (unpaired) electrons. The maximum atomic E-state index is 5.40. The molecular weight excluding hydrogens is 336 g/mol. The fraction of sp³-hybridized carbons (Fsp3) is 0.273. The van der Waals surface area contributed by atoms with E-state index in [0.29, 0.717) is 12.5 Å². The SMILES string of the molecule is COc1ccccc1CNc1nc(C)cc(Nc2c(C)cc(C)cc2C)n1. The normalized spacial score (nSPS) is 10.6. The van der Waals surface area contributed by atoms with Crippen molar-refractivity contribution in [3.05, 3.63) is 70.4 Å². The summed E-state index contributed by atoms with van der Waals surface area (Å²) in [4.78, 5) is 9.13. The molecule has 0 aliphatic rings. The van der Waals surface area contributed by atoms with Crippen molar-refractivity contribution >= 4 is 17.5 Å². The second-order valence-corrected chi connectivity index (χ2v) is 6.78. The lowest BCUT2D eigenvalue weighted by Gasteiger charge is -2.15. The van der Waals surface area contributed by atoms with E-state index < -0.39 is 0 Å². The van der Waals surface area contributed by atoms with Crippen molar-refractivity contribution in [2.24, 2.45) is 0 Å². The minimum absolute atomic E-state index is 0.589. The monoisotopic (exact) mass is 362 g/mol. The number of hydrogen-bond acceptors (Lipinski definition) is 5. The minimum Gasteiger partial charge on any atom is -0.496 e. The number of para-hydroxylation sites is 1. The first kappa shape index (κ1) is 18.7. The topological polar surface area (TPSA) is 59.1 Å². The smallest absolute Gasteiger partial charge is 0.225 e. The van der Waals surface area contributed by atoms with Gasteiger partial charge in [0.2, 0.25) is 5.95 Å². The Morgan fingerprint density at radius 3 is 2.33 bits per heavy atom. The Kier molecular flexibility index (Phi) is 5.60. The number of ether oxygens (including phenoxy) is 1. The lowest BCUT2D eigenvalue weighted by atomic mass is 10.1. The Morgan fingerprint density at radius 2 is 1.63 bits per heavy atom. The zero-order valence-electron chi connectivity index (χ0n) is 16.6. The first-order chi connectivity index (χ1) is 13.0. The van der Waals surface area contributed by atoms with Gasteiger partial charge in [-0.1, -0.05) is 35.9 Å². The van der Waals surface area contributed by atoms with Gasteiger partial charge in [0.15, 0.2) is 0 Å². The summed E-state index contributed by atoms with van der Waals surface area (Å²) in [6.45, 7) is 8.89. The molecule has 3 rings (SSSR count). The van der Waals surface area contributed by atoms with Crippen molar-refractivity contribution in [3.8, 4) is 5.75 Å². The van der Waals surface area contributed by atoms with Crippen LogP contribution in [0.3, 0.4) is 0 Å². The number of hydrogen-bond donors (Lipinski definition) is 2. The van der Waals surface area contributed by atoms with Crippen molar-refractivity contribution < 1.29 is 4.74 Å². The first-order valence-electron chi connectivity index (χ1n) is 9.02. The van der Waals surface area contributed by atoms with Gasteiger partial charge < -0.3 is 15.4 Å². The molecule has 2 aromatic carbocycles. The van der Waals surface area contributed by atoms with Gasteiger partial charge in [-0.15, -0.1) is 0 Å². The van der Waals surface area contributed by atoms with Gasteiger partial charge in [-0.3, -0.25) is 0 Å². The molecule has 0 bridgehead atoms. The van der Waals surface area contributed by atoms with Crippen LogP contribution in [-0.4, -0.2) is 17.1 Å². The van der Waals surface area contributed by atoms with Gasteiger partial charge in [0.05, 0.1) is 7.11 Å². The standard InChI is InChI=1S/C22H26N4O/c1-14-10-15(2)21(16(3)11-14)25-20-12-17(4)24-22(26-20)23-13-18-8-6-7-9-19(18)27-5/h6-12H,13H2,1-5H3,(H2,23,24,25,26). The maximum absolute atomic E-state index is 5.40. The summed E-state index contributed by atoms with van der Waals surface area (Å²) in [6.07, 6.45) is 0. The van der Waals surface area contributed by atoms with Crippen LogP contribution in [0.5, 0.6) is 5.75 Å². The summed E-state index contributed by atoms with van der Waals surface area (Å²) in [7, 11) is 1.68. The van der Waals surface area contributed by atoms with Crippen LogP contribution in [0.15, 0.2) is 42.5 Å². The Bertz CT molecular complexity index is 930. The molecule has 5 heteroatoms. The van der Waals surface area contributed by atoms with Gasteiger partial charge in [-0.05, 0) is 44.9 Å². The van der Waals surface area contributed by atoms with Crippen LogP contribution in [0.2, 0.25) is 0 Å². The van der Waals surface area contributed by atoms with Crippen LogP contribution in [0.25, 0.3) is 0 Å². The fourth-order valence-corrected chi connectivity index (χ4v) is 3.24. The number of aromatic nitrogens is 2.